The van der Waals surface area contributed by atoms with E-state index in [1.54, 1.807) is 5.56 Å². The zero-order valence-corrected chi connectivity index (χ0v) is 10.6. The van der Waals surface area contributed by atoms with Crippen LogP contribution < -0.4 is 5.32 Å². The first-order valence-electron chi connectivity index (χ1n) is 6.50. The first-order valence-corrected chi connectivity index (χ1v) is 6.50. The largest absolute Gasteiger partial charge is 0.381 e. The van der Waals surface area contributed by atoms with Gasteiger partial charge in [-0.15, -0.1) is 0 Å². The third-order valence-electron chi connectivity index (χ3n) is 4.88. The van der Waals surface area contributed by atoms with Gasteiger partial charge in [-0.1, -0.05) is 31.9 Å². The lowest BCUT2D eigenvalue weighted by molar-refractivity contribution is 0.305. The summed E-state index contributed by atoms with van der Waals surface area (Å²) in [4.78, 5) is 0. The zero-order valence-electron chi connectivity index (χ0n) is 10.6. The number of nitrogens with one attached hydrogen (secondary N) is 1. The molecule has 0 bridgehead atoms. The molecule has 1 saturated carbocycles. The average molecular weight is 215 g/mol. The van der Waals surface area contributed by atoms with Crippen molar-refractivity contribution < 1.29 is 0 Å². The summed E-state index contributed by atoms with van der Waals surface area (Å²) in [5.41, 5.74) is 6.27. The van der Waals surface area contributed by atoms with Crippen LogP contribution in [0.2, 0.25) is 0 Å². The molecule has 0 saturated heterocycles. The van der Waals surface area contributed by atoms with Crippen LogP contribution in [0.3, 0.4) is 0 Å². The van der Waals surface area contributed by atoms with Gasteiger partial charge in [-0.3, -0.25) is 0 Å². The summed E-state index contributed by atoms with van der Waals surface area (Å²) in [6, 6.07) is 5.32. The van der Waals surface area contributed by atoms with Crippen molar-refractivity contribution in [3.63, 3.8) is 0 Å². The van der Waals surface area contributed by atoms with Crippen LogP contribution in [-0.4, -0.2) is 6.04 Å². The Kier molecular flexibility index (Phi) is 2.07. The molecule has 1 aliphatic carbocycles. The van der Waals surface area contributed by atoms with Crippen LogP contribution in [-0.2, 0) is 5.41 Å². The van der Waals surface area contributed by atoms with Crippen molar-refractivity contribution in [1.29, 1.82) is 0 Å². The maximum absolute atomic E-state index is 3.79. The summed E-state index contributed by atoms with van der Waals surface area (Å²) >= 11 is 0. The first-order chi connectivity index (χ1) is 7.63. The Morgan fingerprint density at radius 2 is 2.06 bits per heavy atom. The average Bonchev–Trinajstić information content (AvgIpc) is 2.57. The molecule has 0 amide bonds. The molecule has 1 nitrogen and oxygen atoms in total. The molecule has 0 radical (unpaired) electrons. The second-order valence-electron chi connectivity index (χ2n) is 5.79. The van der Waals surface area contributed by atoms with Gasteiger partial charge in [-0.05, 0) is 43.4 Å². The summed E-state index contributed by atoms with van der Waals surface area (Å²) in [5, 5.41) is 3.79. The van der Waals surface area contributed by atoms with E-state index in [1.807, 2.05) is 0 Å². The van der Waals surface area contributed by atoms with E-state index in [-0.39, 0.29) is 0 Å². The van der Waals surface area contributed by atoms with Gasteiger partial charge in [0.2, 0.25) is 0 Å². The molecule has 86 valence electrons. The topological polar surface area (TPSA) is 12.0 Å². The van der Waals surface area contributed by atoms with Gasteiger partial charge < -0.3 is 5.32 Å². The summed E-state index contributed by atoms with van der Waals surface area (Å²) in [6.07, 6.45) is 5.46. The van der Waals surface area contributed by atoms with Crippen LogP contribution in [0.15, 0.2) is 12.1 Å². The van der Waals surface area contributed by atoms with Gasteiger partial charge in [0.1, 0.15) is 0 Å². The Balaban J connectivity index is 2.15. The summed E-state index contributed by atoms with van der Waals surface area (Å²) < 4.78 is 0. The van der Waals surface area contributed by atoms with Crippen LogP contribution >= 0.6 is 0 Å². The van der Waals surface area contributed by atoms with Crippen molar-refractivity contribution in [3.8, 4) is 0 Å². The van der Waals surface area contributed by atoms with E-state index in [0.29, 0.717) is 11.5 Å². The monoisotopic (exact) mass is 215 g/mol. The quantitative estimate of drug-likeness (QED) is 0.691. The van der Waals surface area contributed by atoms with E-state index in [4.69, 9.17) is 0 Å². The van der Waals surface area contributed by atoms with Crippen LogP contribution in [0.25, 0.3) is 0 Å². The van der Waals surface area contributed by atoms with Crippen molar-refractivity contribution in [1.82, 2.24) is 0 Å². The fraction of sp³-hybridized carbons (Fsp3) is 0.600. The molecular formula is C15H21N. The minimum Gasteiger partial charge on any atom is -0.381 e. The normalized spacial score (nSPS) is 31.8. The fourth-order valence-corrected chi connectivity index (χ4v) is 3.54. The third kappa shape index (κ3) is 1.17. The summed E-state index contributed by atoms with van der Waals surface area (Å²) in [5.74, 6) is 0. The zero-order chi connectivity index (χ0) is 11.3. The summed E-state index contributed by atoms with van der Waals surface area (Å²) in [6.45, 7) is 6.91. The minimum absolute atomic E-state index is 0.395. The molecule has 0 aromatic heterocycles. The first kappa shape index (κ1) is 10.2. The van der Waals surface area contributed by atoms with E-state index in [2.05, 4.69) is 38.2 Å². The molecule has 1 aromatic carbocycles. The highest BCUT2D eigenvalue weighted by Crippen LogP contribution is 2.49. The van der Waals surface area contributed by atoms with E-state index in [9.17, 15) is 0 Å². The lowest BCUT2D eigenvalue weighted by atomic mass is 9.69. The molecule has 1 aliphatic heterocycles. The van der Waals surface area contributed by atoms with Gasteiger partial charge in [0.15, 0.2) is 0 Å². The molecule has 3 rings (SSSR count). The molecule has 0 spiro atoms. The van der Waals surface area contributed by atoms with Gasteiger partial charge in [0.05, 0.1) is 0 Å². The highest BCUT2D eigenvalue weighted by atomic mass is 15.0. The van der Waals surface area contributed by atoms with Crippen molar-refractivity contribution in [2.24, 2.45) is 0 Å². The van der Waals surface area contributed by atoms with Crippen molar-refractivity contribution in [3.05, 3.63) is 28.8 Å². The molecule has 16 heavy (non-hydrogen) atoms. The van der Waals surface area contributed by atoms with Crippen LogP contribution in [0.5, 0.6) is 0 Å². The number of anilines is 1. The smallest absolute Gasteiger partial charge is 0.0413 e. The Labute approximate surface area is 98.3 Å². The highest BCUT2D eigenvalue weighted by Gasteiger charge is 2.44. The lowest BCUT2D eigenvalue weighted by Gasteiger charge is -2.36. The highest BCUT2D eigenvalue weighted by molar-refractivity contribution is 5.68. The number of rotatable bonds is 0. The van der Waals surface area contributed by atoms with E-state index >= 15 is 0 Å². The maximum atomic E-state index is 3.79. The molecular weight excluding hydrogens is 194 g/mol. The second-order valence-corrected chi connectivity index (χ2v) is 5.79. The molecule has 1 heterocycles. The lowest BCUT2D eigenvalue weighted by Crippen LogP contribution is -2.38. The fourth-order valence-electron chi connectivity index (χ4n) is 3.54. The minimum atomic E-state index is 0.395. The number of aryl methyl sites for hydroxylation is 1. The van der Waals surface area contributed by atoms with Crippen LogP contribution in [0.4, 0.5) is 5.69 Å². The molecule has 1 aromatic rings. The van der Waals surface area contributed by atoms with Crippen molar-refractivity contribution >= 4 is 5.69 Å². The molecule has 2 atom stereocenters. The van der Waals surface area contributed by atoms with Crippen LogP contribution in [0, 0.1) is 13.8 Å². The van der Waals surface area contributed by atoms with E-state index in [1.165, 1.54) is 42.5 Å². The van der Waals surface area contributed by atoms with E-state index in [0.717, 1.165) is 0 Å². The number of fused-ring (bicyclic) bond motifs is 3. The predicted octanol–water partition coefficient (Wildman–Crippen LogP) is 3.93. The van der Waals surface area contributed by atoms with Gasteiger partial charge in [0, 0.05) is 17.1 Å². The second kappa shape index (κ2) is 3.26. The number of hydrogen-bond donors (Lipinski definition) is 1. The predicted molar refractivity (Wildman–Crippen MR) is 69.1 cm³/mol. The van der Waals surface area contributed by atoms with Gasteiger partial charge >= 0.3 is 0 Å². The standard InChI is InChI=1S/C15H21N/c1-10-7-8-12-14(11(10)2)16-13-6-4-5-9-15(12,13)3/h7-8,13,16H,4-6,9H2,1-3H3. The molecule has 2 unspecified atom stereocenters. The van der Waals surface area contributed by atoms with Crippen molar-refractivity contribution in [2.75, 3.05) is 5.32 Å². The number of benzene rings is 1. The molecule has 1 N–H and O–H groups in total. The molecule has 1 fully saturated rings. The van der Waals surface area contributed by atoms with E-state index < -0.39 is 0 Å². The molecule has 2 aliphatic rings. The van der Waals surface area contributed by atoms with Gasteiger partial charge in [-0.2, -0.15) is 0 Å². The Morgan fingerprint density at radius 3 is 2.88 bits per heavy atom. The third-order valence-corrected chi connectivity index (χ3v) is 4.88. The van der Waals surface area contributed by atoms with Crippen LogP contribution in [0.1, 0.15) is 49.3 Å². The summed E-state index contributed by atoms with van der Waals surface area (Å²) in [7, 11) is 0. The number of hydrogen-bond acceptors (Lipinski definition) is 1. The Bertz CT molecular complexity index is 435. The SMILES string of the molecule is Cc1ccc2c(c1C)NC1CCCCC21C. The molecule has 1 heteroatoms. The Morgan fingerprint density at radius 1 is 1.25 bits per heavy atom. The van der Waals surface area contributed by atoms with Gasteiger partial charge in [0.25, 0.3) is 0 Å². The van der Waals surface area contributed by atoms with Gasteiger partial charge in [-0.25, -0.2) is 0 Å². The van der Waals surface area contributed by atoms with Crippen molar-refractivity contribution in [2.45, 2.75) is 57.9 Å². The maximum Gasteiger partial charge on any atom is 0.0413 e. The Hall–Kier alpha value is -0.980.